The third-order valence-electron chi connectivity index (χ3n) is 3.56. The molecule has 3 N–H and O–H groups in total. The Morgan fingerprint density at radius 1 is 1.07 bits per heavy atom. The first-order valence-electron chi connectivity index (χ1n) is 8.59. The molecule has 154 valence electrons. The van der Waals surface area contributed by atoms with Crippen molar-refractivity contribution in [2.75, 3.05) is 26.2 Å². The first kappa shape index (κ1) is 23.5. The molecule has 2 heterocycles. The van der Waals surface area contributed by atoms with Crippen LogP contribution < -0.4 is 5.32 Å². The van der Waals surface area contributed by atoms with E-state index in [4.69, 9.17) is 19.8 Å². The Kier molecular flexibility index (Phi) is 9.49. The average molecular weight is 411 g/mol. The number of carboxylic acid groups (broad SMARTS) is 2. The summed E-state index contributed by atoms with van der Waals surface area (Å²) in [4.78, 5) is 22.4. The summed E-state index contributed by atoms with van der Waals surface area (Å²) in [5.74, 6) is -1.67. The van der Waals surface area contributed by atoms with Crippen LogP contribution in [0.25, 0.3) is 10.8 Å². The monoisotopic (exact) mass is 411 g/mol. The maximum Gasteiger partial charge on any atom is 0.300 e. The molecule has 1 aliphatic rings. The first-order valence-corrected chi connectivity index (χ1v) is 10.0. The number of carbonyl (C=O) groups is 2. The number of hydrogen-bond acceptors (Lipinski definition) is 6. The topological polar surface area (TPSA) is 137 Å². The lowest BCUT2D eigenvalue weighted by Gasteiger charge is -2.20. The minimum atomic E-state index is -3.45. The number of aliphatic carboxylic acids is 2. The zero-order valence-corrected chi connectivity index (χ0v) is 16.6. The fraction of sp³-hybridized carbons (Fsp3) is 0.389. The van der Waals surface area contributed by atoms with E-state index >= 15 is 0 Å². The van der Waals surface area contributed by atoms with E-state index in [1.807, 2.05) is 6.07 Å². The van der Waals surface area contributed by atoms with Crippen molar-refractivity contribution < 1.29 is 28.2 Å². The zero-order valence-electron chi connectivity index (χ0n) is 15.8. The van der Waals surface area contributed by atoms with E-state index in [-0.39, 0.29) is 0 Å². The molecular formula is C18H25N3O6S. The van der Waals surface area contributed by atoms with E-state index in [9.17, 15) is 8.42 Å². The molecular weight excluding hydrogens is 386 g/mol. The standard InChI is InChI=1S/C14H17N3O2S.2C2H4O2/c18-20(19,17-9-2-6-15-8-10-17)14-4-1-3-12-11-16-7-5-13(12)14;2*1-2(3)4/h1,3-5,7,11,15H,2,6,8-10H2;2*1H3,(H,3,4). The number of carboxylic acids is 2. The maximum absolute atomic E-state index is 12.8. The molecule has 0 amide bonds. The smallest absolute Gasteiger partial charge is 0.300 e. The van der Waals surface area contributed by atoms with Gasteiger partial charge < -0.3 is 15.5 Å². The summed E-state index contributed by atoms with van der Waals surface area (Å²) in [6, 6.07) is 7.09. The lowest BCUT2D eigenvalue weighted by atomic mass is 10.2. The number of pyridine rings is 1. The normalized spacial score (nSPS) is 14.6. The molecule has 10 heteroatoms. The van der Waals surface area contributed by atoms with Crippen molar-refractivity contribution in [1.29, 1.82) is 0 Å². The van der Waals surface area contributed by atoms with Gasteiger partial charge in [-0.1, -0.05) is 12.1 Å². The summed E-state index contributed by atoms with van der Waals surface area (Å²) in [7, 11) is -3.45. The average Bonchev–Trinajstić information content (AvgIpc) is 2.90. The molecule has 1 fully saturated rings. The summed E-state index contributed by atoms with van der Waals surface area (Å²) < 4.78 is 27.2. The van der Waals surface area contributed by atoms with Gasteiger partial charge in [-0.2, -0.15) is 4.31 Å². The number of fused-ring (bicyclic) bond motifs is 1. The van der Waals surface area contributed by atoms with Crippen LogP contribution in [0.4, 0.5) is 0 Å². The summed E-state index contributed by atoms with van der Waals surface area (Å²) >= 11 is 0. The highest BCUT2D eigenvalue weighted by Crippen LogP contribution is 2.25. The van der Waals surface area contributed by atoms with Crippen LogP contribution in [0.3, 0.4) is 0 Å². The largest absolute Gasteiger partial charge is 0.481 e. The second kappa shape index (κ2) is 11.3. The molecule has 0 saturated carbocycles. The quantitative estimate of drug-likeness (QED) is 0.674. The SMILES string of the molecule is CC(=O)O.CC(=O)O.O=S(=O)(c1cccc2cnccc12)N1CCCNCC1. The van der Waals surface area contributed by atoms with Gasteiger partial charge in [0.15, 0.2) is 0 Å². The van der Waals surface area contributed by atoms with Gasteiger partial charge in [0.25, 0.3) is 11.9 Å². The molecule has 0 radical (unpaired) electrons. The lowest BCUT2D eigenvalue weighted by molar-refractivity contribution is -0.135. The van der Waals surface area contributed by atoms with Crippen LogP contribution in [0.2, 0.25) is 0 Å². The van der Waals surface area contributed by atoms with Crippen LogP contribution in [0.5, 0.6) is 0 Å². The lowest BCUT2D eigenvalue weighted by Crippen LogP contribution is -2.34. The fourth-order valence-corrected chi connectivity index (χ4v) is 4.21. The van der Waals surface area contributed by atoms with Crippen molar-refractivity contribution in [2.24, 2.45) is 0 Å². The highest BCUT2D eigenvalue weighted by Gasteiger charge is 2.26. The Morgan fingerprint density at radius 2 is 1.71 bits per heavy atom. The van der Waals surface area contributed by atoms with Crippen LogP contribution in [-0.2, 0) is 19.6 Å². The van der Waals surface area contributed by atoms with Crippen LogP contribution in [-0.4, -0.2) is 66.0 Å². The van der Waals surface area contributed by atoms with E-state index in [1.165, 1.54) is 0 Å². The number of rotatable bonds is 2. The van der Waals surface area contributed by atoms with Crippen molar-refractivity contribution >= 4 is 32.7 Å². The van der Waals surface area contributed by atoms with Gasteiger partial charge in [-0.25, -0.2) is 8.42 Å². The highest BCUT2D eigenvalue weighted by molar-refractivity contribution is 7.89. The second-order valence-electron chi connectivity index (χ2n) is 5.90. The van der Waals surface area contributed by atoms with Gasteiger partial charge in [0.05, 0.1) is 4.90 Å². The Hall–Kier alpha value is -2.56. The van der Waals surface area contributed by atoms with Gasteiger partial charge in [-0.3, -0.25) is 14.6 Å². The molecule has 9 nitrogen and oxygen atoms in total. The van der Waals surface area contributed by atoms with E-state index in [2.05, 4.69) is 10.3 Å². The highest BCUT2D eigenvalue weighted by atomic mass is 32.2. The third kappa shape index (κ3) is 7.59. The number of benzene rings is 1. The van der Waals surface area contributed by atoms with Crippen LogP contribution >= 0.6 is 0 Å². The van der Waals surface area contributed by atoms with Gasteiger partial charge in [0, 0.05) is 56.6 Å². The Morgan fingerprint density at radius 3 is 2.36 bits per heavy atom. The van der Waals surface area contributed by atoms with Crippen molar-refractivity contribution in [3.05, 3.63) is 36.7 Å². The zero-order chi connectivity index (χ0) is 21.2. The predicted octanol–water partition coefficient (Wildman–Crippen LogP) is 1.40. The van der Waals surface area contributed by atoms with Crippen molar-refractivity contribution in [3.63, 3.8) is 0 Å². The van der Waals surface area contributed by atoms with Crippen molar-refractivity contribution in [3.8, 4) is 0 Å². The molecule has 1 aromatic heterocycles. The van der Waals surface area contributed by atoms with Gasteiger partial charge in [0.1, 0.15) is 0 Å². The molecule has 1 aliphatic heterocycles. The van der Waals surface area contributed by atoms with E-state index in [0.717, 1.165) is 37.6 Å². The molecule has 2 aromatic rings. The van der Waals surface area contributed by atoms with E-state index < -0.39 is 22.0 Å². The predicted molar refractivity (Wildman–Crippen MR) is 105 cm³/mol. The molecule has 1 aromatic carbocycles. The number of hydrogen-bond donors (Lipinski definition) is 3. The van der Waals surface area contributed by atoms with Crippen LogP contribution in [0, 0.1) is 0 Å². The fourth-order valence-electron chi connectivity index (χ4n) is 2.52. The molecule has 0 spiro atoms. The first-order chi connectivity index (χ1) is 13.2. The Balaban J connectivity index is 0.000000420. The van der Waals surface area contributed by atoms with E-state index in [1.54, 1.807) is 34.9 Å². The van der Waals surface area contributed by atoms with Gasteiger partial charge in [0.2, 0.25) is 10.0 Å². The summed E-state index contributed by atoms with van der Waals surface area (Å²) in [6.07, 6.45) is 4.16. The van der Waals surface area contributed by atoms with Crippen LogP contribution in [0.15, 0.2) is 41.6 Å². The molecule has 3 rings (SSSR count). The minimum Gasteiger partial charge on any atom is -0.481 e. The summed E-state index contributed by atoms with van der Waals surface area (Å²) in [6.45, 7) is 4.82. The molecule has 0 aliphatic carbocycles. The molecule has 1 saturated heterocycles. The minimum absolute atomic E-state index is 0.374. The molecule has 0 unspecified atom stereocenters. The number of nitrogens with one attached hydrogen (secondary N) is 1. The van der Waals surface area contributed by atoms with Gasteiger partial charge >= 0.3 is 0 Å². The molecule has 28 heavy (non-hydrogen) atoms. The number of nitrogens with zero attached hydrogens (tertiary/aromatic N) is 2. The number of aromatic nitrogens is 1. The third-order valence-corrected chi connectivity index (χ3v) is 5.51. The number of sulfonamides is 1. The maximum atomic E-state index is 12.8. The Labute approximate surface area is 164 Å². The Bertz CT molecular complexity index is 868. The van der Waals surface area contributed by atoms with Crippen LogP contribution in [0.1, 0.15) is 20.3 Å². The van der Waals surface area contributed by atoms with Crippen molar-refractivity contribution in [1.82, 2.24) is 14.6 Å². The summed E-state index contributed by atoms with van der Waals surface area (Å²) in [5, 5.41) is 19.6. The van der Waals surface area contributed by atoms with E-state index in [0.29, 0.717) is 24.5 Å². The summed E-state index contributed by atoms with van der Waals surface area (Å²) in [5.41, 5.74) is 0. The second-order valence-corrected chi connectivity index (χ2v) is 7.80. The van der Waals surface area contributed by atoms with Crippen molar-refractivity contribution in [2.45, 2.75) is 25.2 Å². The van der Waals surface area contributed by atoms with Gasteiger partial charge in [-0.05, 0) is 25.1 Å². The molecule has 0 atom stereocenters. The molecule has 0 bridgehead atoms. The van der Waals surface area contributed by atoms with Gasteiger partial charge in [-0.15, -0.1) is 0 Å².